The van der Waals surface area contributed by atoms with Crippen LogP contribution in [0.15, 0.2) is 0 Å². The van der Waals surface area contributed by atoms with Crippen LogP contribution in [-0.2, 0) is 9.53 Å². The molecule has 4 bridgehead atoms. The van der Waals surface area contributed by atoms with Gasteiger partial charge in [-0.05, 0) is 56.3 Å². The second-order valence-electron chi connectivity index (χ2n) is 5.73. The molecule has 4 rings (SSSR count). The molecule has 0 atom stereocenters. The van der Waals surface area contributed by atoms with Gasteiger partial charge in [-0.25, -0.2) is 4.79 Å². The first-order chi connectivity index (χ1) is 7.19. The molecular formula is C12H18O3. The molecule has 0 unspecified atom stereocenters. The Balaban J connectivity index is 1.78. The lowest BCUT2D eigenvalue weighted by Gasteiger charge is -2.55. The number of carbonyl (C=O) groups is 1. The summed E-state index contributed by atoms with van der Waals surface area (Å²) in [6, 6.07) is 0. The normalized spacial score (nSPS) is 46.9. The van der Waals surface area contributed by atoms with Gasteiger partial charge < -0.3 is 9.84 Å². The summed E-state index contributed by atoms with van der Waals surface area (Å²) in [6.07, 6.45) is 7.17. The van der Waals surface area contributed by atoms with Crippen molar-refractivity contribution < 1.29 is 14.6 Å². The van der Waals surface area contributed by atoms with Crippen LogP contribution in [0.5, 0.6) is 0 Å². The Bertz CT molecular complexity index is 249. The van der Waals surface area contributed by atoms with E-state index in [0.29, 0.717) is 0 Å². The first-order valence-corrected chi connectivity index (χ1v) is 6.02. The molecule has 0 spiro atoms. The van der Waals surface area contributed by atoms with E-state index >= 15 is 0 Å². The van der Waals surface area contributed by atoms with Crippen molar-refractivity contribution in [3.05, 3.63) is 0 Å². The number of hydrogen-bond donors (Lipinski definition) is 1. The van der Waals surface area contributed by atoms with Crippen molar-refractivity contribution in [2.75, 3.05) is 6.61 Å². The Morgan fingerprint density at radius 1 is 1.13 bits per heavy atom. The van der Waals surface area contributed by atoms with Crippen LogP contribution in [-0.4, -0.2) is 23.3 Å². The van der Waals surface area contributed by atoms with Gasteiger partial charge >= 0.3 is 5.97 Å². The van der Waals surface area contributed by atoms with Crippen molar-refractivity contribution >= 4 is 5.97 Å². The number of esters is 1. The predicted octanol–water partition coefficient (Wildman–Crippen LogP) is 1.49. The van der Waals surface area contributed by atoms with Gasteiger partial charge in [0.25, 0.3) is 0 Å². The van der Waals surface area contributed by atoms with Gasteiger partial charge in [-0.3, -0.25) is 0 Å². The second-order valence-corrected chi connectivity index (χ2v) is 5.73. The van der Waals surface area contributed by atoms with E-state index in [0.717, 1.165) is 37.0 Å². The van der Waals surface area contributed by atoms with Gasteiger partial charge in [-0.15, -0.1) is 0 Å². The van der Waals surface area contributed by atoms with Crippen molar-refractivity contribution in [3.8, 4) is 0 Å². The van der Waals surface area contributed by atoms with E-state index in [1.165, 1.54) is 19.3 Å². The van der Waals surface area contributed by atoms with Crippen LogP contribution in [0.2, 0.25) is 0 Å². The highest BCUT2D eigenvalue weighted by molar-refractivity contribution is 5.71. The maximum atomic E-state index is 11.2. The first-order valence-electron chi connectivity index (χ1n) is 6.02. The van der Waals surface area contributed by atoms with E-state index in [1.54, 1.807) is 0 Å². The summed E-state index contributed by atoms with van der Waals surface area (Å²) in [7, 11) is 0. The van der Waals surface area contributed by atoms with E-state index in [9.17, 15) is 4.79 Å². The summed E-state index contributed by atoms with van der Waals surface area (Å²) in [6.45, 7) is -0.470. The Labute approximate surface area is 89.8 Å². The third kappa shape index (κ3) is 1.57. The van der Waals surface area contributed by atoms with Gasteiger partial charge in [-0.2, -0.15) is 0 Å². The van der Waals surface area contributed by atoms with E-state index < -0.39 is 12.6 Å². The Hall–Kier alpha value is -0.570. The minimum absolute atomic E-state index is 0.186. The fourth-order valence-corrected chi connectivity index (χ4v) is 4.43. The number of aliphatic hydroxyl groups excluding tert-OH is 1. The quantitative estimate of drug-likeness (QED) is 0.702. The third-order valence-electron chi connectivity index (χ3n) is 4.44. The van der Waals surface area contributed by atoms with Crippen molar-refractivity contribution in [2.24, 2.45) is 17.8 Å². The molecule has 15 heavy (non-hydrogen) atoms. The molecule has 0 aromatic rings. The van der Waals surface area contributed by atoms with Crippen LogP contribution in [0, 0.1) is 17.8 Å². The van der Waals surface area contributed by atoms with Gasteiger partial charge in [-0.1, -0.05) is 0 Å². The number of carbonyl (C=O) groups excluding carboxylic acids is 1. The molecule has 4 fully saturated rings. The van der Waals surface area contributed by atoms with Crippen LogP contribution >= 0.6 is 0 Å². The number of hydrogen-bond acceptors (Lipinski definition) is 3. The average molecular weight is 210 g/mol. The van der Waals surface area contributed by atoms with Crippen LogP contribution in [0.3, 0.4) is 0 Å². The molecule has 4 aliphatic carbocycles. The zero-order valence-corrected chi connectivity index (χ0v) is 8.95. The molecule has 0 aliphatic heterocycles. The molecule has 3 nitrogen and oxygen atoms in total. The first kappa shape index (κ1) is 9.64. The highest BCUT2D eigenvalue weighted by atomic mass is 16.6. The SMILES string of the molecule is O=C(CO)OC12CC3CC(CC(C3)C1)C2. The van der Waals surface area contributed by atoms with Gasteiger partial charge in [0.05, 0.1) is 0 Å². The minimum Gasteiger partial charge on any atom is -0.457 e. The molecule has 3 heteroatoms. The van der Waals surface area contributed by atoms with Crippen LogP contribution in [0.1, 0.15) is 38.5 Å². The minimum atomic E-state index is -0.470. The Morgan fingerprint density at radius 2 is 1.60 bits per heavy atom. The maximum Gasteiger partial charge on any atom is 0.332 e. The summed E-state index contributed by atoms with van der Waals surface area (Å²) in [4.78, 5) is 11.2. The van der Waals surface area contributed by atoms with Crippen LogP contribution < -0.4 is 0 Å². The molecule has 0 saturated heterocycles. The molecule has 0 aromatic heterocycles. The second kappa shape index (κ2) is 3.21. The fourth-order valence-electron chi connectivity index (χ4n) is 4.43. The van der Waals surface area contributed by atoms with E-state index in [4.69, 9.17) is 9.84 Å². The van der Waals surface area contributed by atoms with Gasteiger partial charge in [0.1, 0.15) is 12.2 Å². The number of rotatable bonds is 2. The standard InChI is InChI=1S/C12H18O3/c13-7-11(14)15-12-4-8-1-9(5-12)3-10(2-8)6-12/h8-10,13H,1-7H2. The molecule has 0 aromatic carbocycles. The number of aliphatic hydroxyl groups is 1. The third-order valence-corrected chi connectivity index (χ3v) is 4.44. The van der Waals surface area contributed by atoms with Gasteiger partial charge in [0.15, 0.2) is 0 Å². The molecule has 84 valence electrons. The topological polar surface area (TPSA) is 46.5 Å². The highest BCUT2D eigenvalue weighted by Crippen LogP contribution is 2.57. The summed E-state index contributed by atoms with van der Waals surface area (Å²) >= 11 is 0. The van der Waals surface area contributed by atoms with Gasteiger partial charge in [0, 0.05) is 0 Å². The monoisotopic (exact) mass is 210 g/mol. The lowest BCUT2D eigenvalue weighted by molar-refractivity contribution is -0.189. The van der Waals surface area contributed by atoms with Crippen molar-refractivity contribution in [3.63, 3.8) is 0 Å². The molecule has 4 saturated carbocycles. The molecule has 0 radical (unpaired) electrons. The van der Waals surface area contributed by atoms with Crippen LogP contribution in [0.4, 0.5) is 0 Å². The van der Waals surface area contributed by atoms with E-state index in [1.807, 2.05) is 0 Å². The van der Waals surface area contributed by atoms with Crippen molar-refractivity contribution in [2.45, 2.75) is 44.1 Å². The summed E-state index contributed by atoms with van der Waals surface area (Å²) in [5.74, 6) is 1.91. The maximum absolute atomic E-state index is 11.2. The van der Waals surface area contributed by atoms with Gasteiger partial charge in [0.2, 0.25) is 0 Å². The molecule has 0 heterocycles. The summed E-state index contributed by atoms with van der Waals surface area (Å²) in [5, 5.41) is 8.76. The smallest absolute Gasteiger partial charge is 0.332 e. The zero-order chi connectivity index (χ0) is 10.5. The molecule has 4 aliphatic rings. The lowest BCUT2D eigenvalue weighted by atomic mass is 9.54. The molecule has 1 N–H and O–H groups in total. The van der Waals surface area contributed by atoms with Crippen molar-refractivity contribution in [1.29, 1.82) is 0 Å². The fraction of sp³-hybridized carbons (Fsp3) is 0.917. The largest absolute Gasteiger partial charge is 0.457 e. The lowest BCUT2D eigenvalue weighted by Crippen LogP contribution is -2.53. The van der Waals surface area contributed by atoms with Crippen molar-refractivity contribution in [1.82, 2.24) is 0 Å². The van der Waals surface area contributed by atoms with E-state index in [2.05, 4.69) is 0 Å². The zero-order valence-electron chi connectivity index (χ0n) is 8.95. The molecule has 0 amide bonds. The summed E-state index contributed by atoms with van der Waals surface area (Å²) < 4.78 is 5.51. The predicted molar refractivity (Wildman–Crippen MR) is 54.1 cm³/mol. The number of ether oxygens (including phenoxy) is 1. The highest BCUT2D eigenvalue weighted by Gasteiger charge is 2.53. The Kier molecular flexibility index (Phi) is 2.06. The molecular weight excluding hydrogens is 192 g/mol. The van der Waals surface area contributed by atoms with E-state index in [-0.39, 0.29) is 5.60 Å². The Morgan fingerprint density at radius 3 is 2.00 bits per heavy atom. The summed E-state index contributed by atoms with van der Waals surface area (Å²) in [5.41, 5.74) is -0.186. The average Bonchev–Trinajstić information content (AvgIpc) is 2.14. The van der Waals surface area contributed by atoms with Crippen LogP contribution in [0.25, 0.3) is 0 Å².